The lowest BCUT2D eigenvalue weighted by Crippen LogP contribution is -2.31. The second-order valence-corrected chi connectivity index (χ2v) is 4.31. The molecular weight excluding hydrogens is 276 g/mol. The first-order chi connectivity index (χ1) is 9.24. The Morgan fingerprint density at radius 1 is 1.30 bits per heavy atom. The Kier molecular flexibility index (Phi) is 6.28. The average Bonchev–Trinajstić information content (AvgIpc) is 2.46. The molecule has 0 heterocycles. The molecule has 2 rings (SSSR count). The fourth-order valence-electron chi connectivity index (χ4n) is 2.07. The highest BCUT2D eigenvalue weighted by Gasteiger charge is 2.03. The van der Waals surface area contributed by atoms with Crippen LogP contribution in [0, 0.1) is 0 Å². The second-order valence-electron chi connectivity index (χ2n) is 4.31. The van der Waals surface area contributed by atoms with E-state index in [0.29, 0.717) is 6.54 Å². The molecule has 0 aliphatic carbocycles. The highest BCUT2D eigenvalue weighted by Crippen LogP contribution is 2.24. The maximum atomic E-state index is 11.1. The van der Waals surface area contributed by atoms with Crippen LogP contribution in [0.25, 0.3) is 10.8 Å². The van der Waals surface area contributed by atoms with E-state index in [9.17, 15) is 4.79 Å². The van der Waals surface area contributed by atoms with E-state index in [1.807, 2.05) is 24.3 Å². The van der Waals surface area contributed by atoms with Crippen LogP contribution in [0.15, 0.2) is 36.4 Å². The van der Waals surface area contributed by atoms with Crippen molar-refractivity contribution < 1.29 is 9.53 Å². The molecule has 0 spiro atoms. The summed E-state index contributed by atoms with van der Waals surface area (Å²) in [7, 11) is 1.66. The van der Waals surface area contributed by atoms with Crippen LogP contribution in [0.2, 0.25) is 0 Å². The van der Waals surface area contributed by atoms with Crippen molar-refractivity contribution in [2.75, 3.05) is 20.2 Å². The summed E-state index contributed by atoms with van der Waals surface area (Å²) < 4.78 is 5.25. The SMILES string of the molecule is COc1ccc2cccc(CCNC(=O)CN)c2c1.Cl. The molecule has 0 atom stereocenters. The van der Waals surface area contributed by atoms with Crippen molar-refractivity contribution in [3.63, 3.8) is 0 Å². The van der Waals surface area contributed by atoms with Crippen LogP contribution in [0.5, 0.6) is 5.75 Å². The van der Waals surface area contributed by atoms with Gasteiger partial charge in [0.05, 0.1) is 13.7 Å². The van der Waals surface area contributed by atoms with Gasteiger partial charge in [0.2, 0.25) is 5.91 Å². The van der Waals surface area contributed by atoms with Crippen LogP contribution in [0.4, 0.5) is 0 Å². The average molecular weight is 295 g/mol. The maximum absolute atomic E-state index is 11.1. The molecule has 1 amide bonds. The van der Waals surface area contributed by atoms with Crippen molar-refractivity contribution in [2.45, 2.75) is 6.42 Å². The van der Waals surface area contributed by atoms with Crippen molar-refractivity contribution in [1.82, 2.24) is 5.32 Å². The molecule has 0 saturated carbocycles. The molecule has 0 aromatic heterocycles. The number of hydrogen-bond acceptors (Lipinski definition) is 3. The van der Waals surface area contributed by atoms with E-state index >= 15 is 0 Å². The van der Waals surface area contributed by atoms with Gasteiger partial charge in [0.1, 0.15) is 5.75 Å². The second kappa shape index (κ2) is 7.72. The molecule has 0 aliphatic heterocycles. The van der Waals surface area contributed by atoms with Gasteiger partial charge in [0, 0.05) is 6.54 Å². The quantitative estimate of drug-likeness (QED) is 0.885. The summed E-state index contributed by atoms with van der Waals surface area (Å²) in [6.07, 6.45) is 0.774. The predicted octanol–water partition coefficient (Wildman–Crippen LogP) is 1.89. The van der Waals surface area contributed by atoms with Gasteiger partial charge in [-0.1, -0.05) is 24.3 Å². The molecule has 0 saturated heterocycles. The molecule has 2 aromatic rings. The first-order valence-corrected chi connectivity index (χ1v) is 6.27. The Morgan fingerprint density at radius 3 is 2.80 bits per heavy atom. The fraction of sp³-hybridized carbons (Fsp3) is 0.267. The Bertz CT molecular complexity index is 587. The number of ether oxygens (including phenoxy) is 1. The number of hydrogen-bond donors (Lipinski definition) is 2. The standard InChI is InChI=1S/C15H18N2O2.ClH/c1-19-13-6-5-11-3-2-4-12(14(11)9-13)7-8-17-15(18)10-16;/h2-6,9H,7-8,10,16H2,1H3,(H,17,18);1H. The van der Waals surface area contributed by atoms with Crippen LogP contribution in [-0.2, 0) is 11.2 Å². The number of rotatable bonds is 5. The third kappa shape index (κ3) is 3.85. The van der Waals surface area contributed by atoms with E-state index in [4.69, 9.17) is 10.5 Å². The van der Waals surface area contributed by atoms with Crippen LogP contribution < -0.4 is 15.8 Å². The Labute approximate surface area is 124 Å². The summed E-state index contributed by atoms with van der Waals surface area (Å²) in [5.74, 6) is 0.712. The van der Waals surface area contributed by atoms with Crippen LogP contribution in [0.3, 0.4) is 0 Å². The van der Waals surface area contributed by atoms with Gasteiger partial charge in [-0.3, -0.25) is 4.79 Å². The summed E-state index contributed by atoms with van der Waals surface area (Å²) in [5.41, 5.74) is 6.44. The molecule has 20 heavy (non-hydrogen) atoms. The van der Waals surface area contributed by atoms with Crippen LogP contribution >= 0.6 is 12.4 Å². The lowest BCUT2D eigenvalue weighted by Gasteiger charge is -2.09. The largest absolute Gasteiger partial charge is 0.497 e. The smallest absolute Gasteiger partial charge is 0.233 e. The van der Waals surface area contributed by atoms with Gasteiger partial charge in [0.25, 0.3) is 0 Å². The molecule has 3 N–H and O–H groups in total. The molecule has 108 valence electrons. The highest BCUT2D eigenvalue weighted by molar-refractivity contribution is 5.87. The third-order valence-electron chi connectivity index (χ3n) is 3.08. The highest BCUT2D eigenvalue weighted by atomic mass is 35.5. The third-order valence-corrected chi connectivity index (χ3v) is 3.08. The summed E-state index contributed by atoms with van der Waals surface area (Å²) in [4.78, 5) is 11.1. The number of methoxy groups -OCH3 is 1. The van der Waals surface area contributed by atoms with Gasteiger partial charge in [-0.05, 0) is 34.9 Å². The monoisotopic (exact) mass is 294 g/mol. The number of nitrogens with two attached hydrogens (primary N) is 1. The molecule has 2 aromatic carbocycles. The Balaban J connectivity index is 0.00000200. The predicted molar refractivity (Wildman–Crippen MR) is 83.5 cm³/mol. The van der Waals surface area contributed by atoms with Crippen molar-refractivity contribution in [3.05, 3.63) is 42.0 Å². The zero-order chi connectivity index (χ0) is 13.7. The Hall–Kier alpha value is -1.78. The minimum Gasteiger partial charge on any atom is -0.497 e. The van der Waals surface area contributed by atoms with Gasteiger partial charge in [-0.2, -0.15) is 0 Å². The first-order valence-electron chi connectivity index (χ1n) is 6.27. The minimum absolute atomic E-state index is 0. The normalized spacial score (nSPS) is 9.90. The number of halogens is 1. The van der Waals surface area contributed by atoms with Crippen LogP contribution in [-0.4, -0.2) is 26.1 Å². The van der Waals surface area contributed by atoms with E-state index in [-0.39, 0.29) is 24.9 Å². The number of carbonyl (C=O) groups is 1. The van der Waals surface area contributed by atoms with Crippen molar-refractivity contribution in [3.8, 4) is 5.75 Å². The number of fused-ring (bicyclic) bond motifs is 1. The first kappa shape index (κ1) is 16.3. The molecule has 4 nitrogen and oxygen atoms in total. The van der Waals surface area contributed by atoms with E-state index < -0.39 is 0 Å². The number of amides is 1. The zero-order valence-corrected chi connectivity index (χ0v) is 12.2. The fourth-order valence-corrected chi connectivity index (χ4v) is 2.07. The van der Waals surface area contributed by atoms with Gasteiger partial charge < -0.3 is 15.8 Å². The van der Waals surface area contributed by atoms with Crippen molar-refractivity contribution in [2.24, 2.45) is 5.73 Å². The van der Waals surface area contributed by atoms with Crippen LogP contribution in [0.1, 0.15) is 5.56 Å². The van der Waals surface area contributed by atoms with Gasteiger partial charge in [0.15, 0.2) is 0 Å². The van der Waals surface area contributed by atoms with Gasteiger partial charge >= 0.3 is 0 Å². The van der Waals surface area contributed by atoms with Gasteiger partial charge in [-0.15, -0.1) is 12.4 Å². The van der Waals surface area contributed by atoms with E-state index in [0.717, 1.165) is 17.6 Å². The minimum atomic E-state index is -0.127. The summed E-state index contributed by atoms with van der Waals surface area (Å²) in [6, 6.07) is 12.2. The zero-order valence-electron chi connectivity index (χ0n) is 11.4. The van der Waals surface area contributed by atoms with Gasteiger partial charge in [-0.25, -0.2) is 0 Å². The topological polar surface area (TPSA) is 64.3 Å². The van der Waals surface area contributed by atoms with Crippen molar-refractivity contribution >= 4 is 29.1 Å². The van der Waals surface area contributed by atoms with Crippen molar-refractivity contribution in [1.29, 1.82) is 0 Å². The van der Waals surface area contributed by atoms with E-state index in [1.54, 1.807) is 7.11 Å². The summed E-state index contributed by atoms with van der Waals surface area (Å²) >= 11 is 0. The summed E-state index contributed by atoms with van der Waals surface area (Å²) in [5, 5.41) is 5.11. The lowest BCUT2D eigenvalue weighted by atomic mass is 10.0. The maximum Gasteiger partial charge on any atom is 0.233 e. The molecule has 5 heteroatoms. The Morgan fingerprint density at radius 2 is 2.10 bits per heavy atom. The lowest BCUT2D eigenvalue weighted by molar-refractivity contribution is -0.119. The molecule has 0 radical (unpaired) electrons. The molecule has 0 fully saturated rings. The number of carbonyl (C=O) groups excluding carboxylic acids is 1. The number of benzene rings is 2. The molecular formula is C15H19ClN2O2. The molecule has 0 unspecified atom stereocenters. The van der Waals surface area contributed by atoms with E-state index in [2.05, 4.69) is 17.4 Å². The van der Waals surface area contributed by atoms with E-state index in [1.165, 1.54) is 10.9 Å². The molecule has 0 bridgehead atoms. The molecule has 0 aliphatic rings. The number of nitrogens with one attached hydrogen (secondary N) is 1. The summed E-state index contributed by atoms with van der Waals surface area (Å²) in [6.45, 7) is 0.621.